The average molecular weight is 230 g/mol. The summed E-state index contributed by atoms with van der Waals surface area (Å²) in [5.74, 6) is 0.861. The van der Waals surface area contributed by atoms with Gasteiger partial charge in [-0.1, -0.05) is 22.9 Å². The molecule has 5 nitrogen and oxygen atoms in total. The molecule has 0 aliphatic rings. The average Bonchev–Trinajstić information content (AvgIpc) is 2.77. The molecule has 0 radical (unpaired) electrons. The van der Waals surface area contributed by atoms with E-state index >= 15 is 0 Å². The number of nitrogens with one attached hydrogen (secondary N) is 2. The second-order valence-electron chi connectivity index (χ2n) is 2.58. The number of halogens is 1. The minimum Gasteiger partial charge on any atom is -0.361 e. The van der Waals surface area contributed by atoms with Gasteiger partial charge in [0.25, 0.3) is 0 Å². The molecule has 0 fully saturated rings. The molecule has 0 aromatic carbocycles. The first-order chi connectivity index (χ1) is 6.84. The molecule has 74 valence electrons. The van der Waals surface area contributed by atoms with Crippen LogP contribution < -0.4 is 5.32 Å². The van der Waals surface area contributed by atoms with E-state index in [4.69, 9.17) is 11.6 Å². The molecule has 0 atom stereocenters. The predicted molar refractivity (Wildman–Crippen MR) is 55.7 cm³/mol. The van der Waals surface area contributed by atoms with Crippen LogP contribution in [0.5, 0.6) is 0 Å². The van der Waals surface area contributed by atoms with Crippen molar-refractivity contribution in [2.75, 3.05) is 11.9 Å². The highest BCUT2D eigenvalue weighted by atomic mass is 35.5. The summed E-state index contributed by atoms with van der Waals surface area (Å²) >= 11 is 7.15. The lowest BCUT2D eigenvalue weighted by Crippen LogP contribution is -2.05. The fourth-order valence-corrected chi connectivity index (χ4v) is 1.81. The zero-order valence-corrected chi connectivity index (χ0v) is 8.77. The van der Waals surface area contributed by atoms with Gasteiger partial charge in [0, 0.05) is 13.0 Å². The Balaban J connectivity index is 1.78. The molecule has 2 N–H and O–H groups in total. The summed E-state index contributed by atoms with van der Waals surface area (Å²) < 4.78 is 0.687. The highest BCUT2D eigenvalue weighted by Gasteiger charge is 1.99. The summed E-state index contributed by atoms with van der Waals surface area (Å²) in [5, 5.41) is 10.5. The van der Waals surface area contributed by atoms with Gasteiger partial charge in [-0.3, -0.25) is 5.10 Å². The molecule has 0 bridgehead atoms. The Bertz CT molecular complexity index is 384. The van der Waals surface area contributed by atoms with Gasteiger partial charge in [0.05, 0.1) is 6.20 Å². The van der Waals surface area contributed by atoms with Gasteiger partial charge in [0.2, 0.25) is 0 Å². The van der Waals surface area contributed by atoms with E-state index in [2.05, 4.69) is 25.5 Å². The molecule has 2 aromatic rings. The van der Waals surface area contributed by atoms with Crippen LogP contribution in [0.1, 0.15) is 5.82 Å². The van der Waals surface area contributed by atoms with E-state index in [-0.39, 0.29) is 0 Å². The Labute approximate surface area is 89.5 Å². The lowest BCUT2D eigenvalue weighted by molar-refractivity contribution is 0.900. The topological polar surface area (TPSA) is 66.5 Å². The van der Waals surface area contributed by atoms with Crippen molar-refractivity contribution in [1.29, 1.82) is 0 Å². The summed E-state index contributed by atoms with van der Waals surface area (Å²) in [6.07, 6.45) is 3.91. The summed E-state index contributed by atoms with van der Waals surface area (Å²) in [7, 11) is 0. The number of H-pyrrole nitrogens is 1. The quantitative estimate of drug-likeness (QED) is 0.835. The molecule has 0 aliphatic heterocycles. The number of hydrogen-bond acceptors (Lipinski definition) is 5. The predicted octanol–water partition coefficient (Wildman–Crippen LogP) is 1.57. The largest absolute Gasteiger partial charge is 0.361 e. The van der Waals surface area contributed by atoms with Crippen molar-refractivity contribution in [1.82, 2.24) is 20.2 Å². The van der Waals surface area contributed by atoms with E-state index < -0.39 is 0 Å². The van der Waals surface area contributed by atoms with Gasteiger partial charge in [-0.2, -0.15) is 5.10 Å². The fraction of sp³-hybridized carbons (Fsp3) is 0.286. The number of thiazole rings is 1. The van der Waals surface area contributed by atoms with Gasteiger partial charge >= 0.3 is 0 Å². The highest BCUT2D eigenvalue weighted by molar-refractivity contribution is 7.19. The van der Waals surface area contributed by atoms with E-state index in [1.807, 2.05) is 0 Å². The molecule has 2 aromatic heterocycles. The number of aromatic amines is 1. The van der Waals surface area contributed by atoms with Crippen molar-refractivity contribution in [3.8, 4) is 0 Å². The maximum absolute atomic E-state index is 5.73. The standard InChI is InChI=1S/C7H8ClN5S/c8-5-3-10-7(14-5)9-2-1-6-11-4-12-13-6/h3-4H,1-2H2,(H,9,10)(H,11,12,13). The van der Waals surface area contributed by atoms with Gasteiger partial charge in [-0.05, 0) is 0 Å². The summed E-state index contributed by atoms with van der Waals surface area (Å²) in [4.78, 5) is 8.07. The van der Waals surface area contributed by atoms with Crippen molar-refractivity contribution >= 4 is 28.1 Å². The highest BCUT2D eigenvalue weighted by Crippen LogP contribution is 2.22. The van der Waals surface area contributed by atoms with Gasteiger partial charge in [0.15, 0.2) is 5.13 Å². The lowest BCUT2D eigenvalue weighted by Gasteiger charge is -1.98. The molecule has 0 unspecified atom stereocenters. The lowest BCUT2D eigenvalue weighted by atomic mass is 10.4. The van der Waals surface area contributed by atoms with Crippen LogP contribution in [0.25, 0.3) is 0 Å². The molecule has 14 heavy (non-hydrogen) atoms. The molecule has 2 heterocycles. The first kappa shape index (κ1) is 9.42. The molecule has 0 saturated carbocycles. The van der Waals surface area contributed by atoms with Gasteiger partial charge in [-0.25, -0.2) is 9.97 Å². The Morgan fingerprint density at radius 2 is 2.43 bits per heavy atom. The fourth-order valence-electron chi connectivity index (χ4n) is 0.975. The second-order valence-corrected chi connectivity index (χ2v) is 4.24. The SMILES string of the molecule is Clc1cnc(NCCc2ncn[nH]2)s1. The number of anilines is 1. The van der Waals surface area contributed by atoms with Crippen LogP contribution in [-0.2, 0) is 6.42 Å². The minimum absolute atomic E-state index is 0.687. The summed E-state index contributed by atoms with van der Waals surface area (Å²) in [6.45, 7) is 0.763. The van der Waals surface area contributed by atoms with Crippen molar-refractivity contribution in [2.45, 2.75) is 6.42 Å². The van der Waals surface area contributed by atoms with Crippen LogP contribution in [0, 0.1) is 0 Å². The van der Waals surface area contributed by atoms with Crippen molar-refractivity contribution in [2.24, 2.45) is 0 Å². The molecular weight excluding hydrogens is 222 g/mol. The van der Waals surface area contributed by atoms with Crippen molar-refractivity contribution in [3.63, 3.8) is 0 Å². The van der Waals surface area contributed by atoms with Gasteiger partial charge < -0.3 is 5.32 Å². The number of aromatic nitrogens is 4. The molecule has 0 aliphatic carbocycles. The molecule has 0 spiro atoms. The Hall–Kier alpha value is -1.14. The molecule has 7 heteroatoms. The Kier molecular flexibility index (Phi) is 2.95. The van der Waals surface area contributed by atoms with E-state index in [0.29, 0.717) is 4.34 Å². The van der Waals surface area contributed by atoms with Crippen LogP contribution in [0.15, 0.2) is 12.5 Å². The summed E-state index contributed by atoms with van der Waals surface area (Å²) in [5.41, 5.74) is 0. The minimum atomic E-state index is 0.687. The molecular formula is C7H8ClN5S. The van der Waals surface area contributed by atoms with Crippen molar-refractivity contribution < 1.29 is 0 Å². The third-order valence-corrected chi connectivity index (χ3v) is 2.65. The van der Waals surface area contributed by atoms with Gasteiger partial charge in [-0.15, -0.1) is 0 Å². The van der Waals surface area contributed by atoms with Crippen molar-refractivity contribution in [3.05, 3.63) is 22.7 Å². The van der Waals surface area contributed by atoms with E-state index in [1.165, 1.54) is 17.7 Å². The molecule has 0 saturated heterocycles. The van der Waals surface area contributed by atoms with Crippen LogP contribution in [0.4, 0.5) is 5.13 Å². The normalized spacial score (nSPS) is 10.4. The first-order valence-electron chi connectivity index (χ1n) is 4.04. The van der Waals surface area contributed by atoms with E-state index in [0.717, 1.165) is 23.9 Å². The monoisotopic (exact) mass is 229 g/mol. The van der Waals surface area contributed by atoms with Crippen LogP contribution in [0.2, 0.25) is 4.34 Å². The third kappa shape index (κ3) is 2.43. The summed E-state index contributed by atoms with van der Waals surface area (Å²) in [6, 6.07) is 0. The number of nitrogens with zero attached hydrogens (tertiary/aromatic N) is 3. The van der Waals surface area contributed by atoms with Crippen LogP contribution in [-0.4, -0.2) is 26.7 Å². The van der Waals surface area contributed by atoms with Crippen LogP contribution in [0.3, 0.4) is 0 Å². The second kappa shape index (κ2) is 4.39. The number of rotatable bonds is 4. The first-order valence-corrected chi connectivity index (χ1v) is 5.23. The Morgan fingerprint density at radius 3 is 3.07 bits per heavy atom. The molecule has 0 amide bonds. The van der Waals surface area contributed by atoms with Crippen LogP contribution >= 0.6 is 22.9 Å². The number of hydrogen-bond donors (Lipinski definition) is 2. The third-order valence-electron chi connectivity index (χ3n) is 1.58. The zero-order valence-electron chi connectivity index (χ0n) is 7.20. The zero-order chi connectivity index (χ0) is 9.80. The smallest absolute Gasteiger partial charge is 0.184 e. The maximum atomic E-state index is 5.73. The van der Waals surface area contributed by atoms with Gasteiger partial charge in [0.1, 0.15) is 16.5 Å². The van der Waals surface area contributed by atoms with E-state index in [1.54, 1.807) is 6.20 Å². The molecule has 2 rings (SSSR count). The van der Waals surface area contributed by atoms with E-state index in [9.17, 15) is 0 Å². The Morgan fingerprint density at radius 1 is 1.50 bits per heavy atom. The maximum Gasteiger partial charge on any atom is 0.184 e.